The maximum absolute atomic E-state index is 12.2. The van der Waals surface area contributed by atoms with Crippen molar-refractivity contribution in [3.63, 3.8) is 0 Å². The van der Waals surface area contributed by atoms with E-state index in [0.29, 0.717) is 5.56 Å². The number of rotatable bonds is 5. The molecule has 1 aliphatic rings. The van der Waals surface area contributed by atoms with Gasteiger partial charge in [0.15, 0.2) is 0 Å². The van der Waals surface area contributed by atoms with Crippen LogP contribution < -0.4 is 15.5 Å². The highest BCUT2D eigenvalue weighted by molar-refractivity contribution is 6.00. The van der Waals surface area contributed by atoms with Crippen molar-refractivity contribution in [3.8, 4) is 0 Å². The van der Waals surface area contributed by atoms with Gasteiger partial charge in [-0.15, -0.1) is 0 Å². The molecule has 1 aromatic heterocycles. The van der Waals surface area contributed by atoms with Gasteiger partial charge in [-0.05, 0) is 56.5 Å². The molecule has 0 saturated carbocycles. The van der Waals surface area contributed by atoms with Gasteiger partial charge in [-0.2, -0.15) is 0 Å². The van der Waals surface area contributed by atoms with Gasteiger partial charge in [-0.1, -0.05) is 0 Å². The van der Waals surface area contributed by atoms with Crippen molar-refractivity contribution < 1.29 is 14.0 Å². The third-order valence-electron chi connectivity index (χ3n) is 4.38. The van der Waals surface area contributed by atoms with E-state index in [4.69, 9.17) is 4.42 Å². The normalized spacial score (nSPS) is 15.5. The molecule has 1 unspecified atom stereocenters. The topological polar surface area (TPSA) is 74.6 Å². The molecule has 1 aliphatic heterocycles. The molecule has 1 fully saturated rings. The minimum absolute atomic E-state index is 0.262. The molecular formula is C19H23N3O3. The molecule has 0 radical (unpaired) electrons. The molecule has 0 aliphatic carbocycles. The summed E-state index contributed by atoms with van der Waals surface area (Å²) < 4.78 is 4.87. The number of hydrogen-bond acceptors (Lipinski definition) is 4. The number of amides is 2. The molecule has 25 heavy (non-hydrogen) atoms. The van der Waals surface area contributed by atoms with E-state index in [9.17, 15) is 9.59 Å². The van der Waals surface area contributed by atoms with Crippen molar-refractivity contribution in [2.24, 2.45) is 0 Å². The zero-order chi connectivity index (χ0) is 17.6. The third-order valence-corrected chi connectivity index (χ3v) is 4.38. The summed E-state index contributed by atoms with van der Waals surface area (Å²) in [6.45, 7) is 3.82. The monoisotopic (exact) mass is 341 g/mol. The van der Waals surface area contributed by atoms with E-state index in [1.807, 2.05) is 24.3 Å². The van der Waals surface area contributed by atoms with Crippen LogP contribution in [0.4, 0.5) is 11.4 Å². The summed E-state index contributed by atoms with van der Waals surface area (Å²) in [5.74, 6) is -0.598. The molecule has 2 aromatic rings. The molecule has 1 saturated heterocycles. The van der Waals surface area contributed by atoms with Crippen molar-refractivity contribution >= 4 is 23.2 Å². The highest BCUT2D eigenvalue weighted by atomic mass is 16.3. The fraction of sp³-hybridized carbons (Fsp3) is 0.368. The minimum Gasteiger partial charge on any atom is -0.472 e. The first kappa shape index (κ1) is 17.1. The van der Waals surface area contributed by atoms with Gasteiger partial charge in [-0.3, -0.25) is 9.59 Å². The summed E-state index contributed by atoms with van der Waals surface area (Å²) in [5, 5.41) is 5.47. The Hall–Kier alpha value is -2.76. The van der Waals surface area contributed by atoms with Gasteiger partial charge in [-0.25, -0.2) is 0 Å². The molecule has 1 atom stereocenters. The maximum atomic E-state index is 12.2. The number of carbonyl (C=O) groups is 2. The van der Waals surface area contributed by atoms with Crippen LogP contribution in [0.1, 0.15) is 36.5 Å². The fourth-order valence-electron chi connectivity index (χ4n) is 2.90. The Balaban J connectivity index is 1.54. The van der Waals surface area contributed by atoms with E-state index < -0.39 is 6.04 Å². The Labute approximate surface area is 147 Å². The molecule has 3 rings (SSSR count). The van der Waals surface area contributed by atoms with Crippen LogP contribution in [0.3, 0.4) is 0 Å². The van der Waals surface area contributed by atoms with Crippen LogP contribution in [0.15, 0.2) is 47.3 Å². The molecule has 2 amide bonds. The zero-order valence-electron chi connectivity index (χ0n) is 14.3. The summed E-state index contributed by atoms with van der Waals surface area (Å²) in [4.78, 5) is 26.5. The lowest BCUT2D eigenvalue weighted by atomic mass is 10.1. The maximum Gasteiger partial charge on any atom is 0.255 e. The Bertz CT molecular complexity index is 704. The Morgan fingerprint density at radius 3 is 2.44 bits per heavy atom. The average Bonchev–Trinajstić information content (AvgIpc) is 3.18. The smallest absolute Gasteiger partial charge is 0.255 e. The van der Waals surface area contributed by atoms with Crippen LogP contribution in [-0.2, 0) is 4.79 Å². The zero-order valence-corrected chi connectivity index (χ0v) is 14.3. The van der Waals surface area contributed by atoms with Crippen LogP contribution in [0, 0.1) is 0 Å². The first-order chi connectivity index (χ1) is 12.1. The fourth-order valence-corrected chi connectivity index (χ4v) is 2.90. The summed E-state index contributed by atoms with van der Waals surface area (Å²) in [6.07, 6.45) is 6.52. The molecule has 0 bridgehead atoms. The van der Waals surface area contributed by atoms with Gasteiger partial charge in [0.25, 0.3) is 5.91 Å². The first-order valence-electron chi connectivity index (χ1n) is 8.62. The van der Waals surface area contributed by atoms with Gasteiger partial charge in [0.1, 0.15) is 12.3 Å². The average molecular weight is 341 g/mol. The predicted octanol–water partition coefficient (Wildman–Crippen LogP) is 3.03. The van der Waals surface area contributed by atoms with Crippen molar-refractivity contribution in [3.05, 3.63) is 48.4 Å². The summed E-state index contributed by atoms with van der Waals surface area (Å²) in [5.41, 5.74) is 2.29. The van der Waals surface area contributed by atoms with E-state index >= 15 is 0 Å². The largest absolute Gasteiger partial charge is 0.472 e. The molecule has 0 spiro atoms. The van der Waals surface area contributed by atoms with Crippen molar-refractivity contribution in [1.29, 1.82) is 0 Å². The lowest BCUT2D eigenvalue weighted by Crippen LogP contribution is -2.41. The molecule has 2 heterocycles. The number of furan rings is 1. The van der Waals surface area contributed by atoms with Gasteiger partial charge in [0.05, 0.1) is 11.8 Å². The van der Waals surface area contributed by atoms with Crippen LogP contribution in [-0.4, -0.2) is 30.9 Å². The lowest BCUT2D eigenvalue weighted by Gasteiger charge is -2.28. The Morgan fingerprint density at radius 1 is 1.08 bits per heavy atom. The highest BCUT2D eigenvalue weighted by Gasteiger charge is 2.17. The van der Waals surface area contributed by atoms with E-state index in [1.165, 1.54) is 37.5 Å². The molecule has 6 heteroatoms. The van der Waals surface area contributed by atoms with Crippen molar-refractivity contribution in [1.82, 2.24) is 5.32 Å². The standard InChI is InChI=1S/C19H23N3O3/c1-14(20-19(24)15-9-12-25-13-15)18(23)21-16-5-7-17(8-6-16)22-10-3-2-4-11-22/h5-9,12-14H,2-4,10-11H2,1H3,(H,20,24)(H,21,23). The van der Waals surface area contributed by atoms with E-state index in [2.05, 4.69) is 15.5 Å². The van der Waals surface area contributed by atoms with Gasteiger partial charge < -0.3 is 20.0 Å². The number of anilines is 2. The number of nitrogens with zero attached hydrogens (tertiary/aromatic N) is 1. The second kappa shape index (κ2) is 7.88. The number of hydrogen-bond donors (Lipinski definition) is 2. The minimum atomic E-state index is -0.649. The Morgan fingerprint density at radius 2 is 1.80 bits per heavy atom. The SMILES string of the molecule is CC(NC(=O)c1ccoc1)C(=O)Nc1ccc(N2CCCCC2)cc1. The van der Waals surface area contributed by atoms with Gasteiger partial charge >= 0.3 is 0 Å². The molecule has 132 valence electrons. The van der Waals surface area contributed by atoms with Crippen LogP contribution >= 0.6 is 0 Å². The quantitative estimate of drug-likeness (QED) is 0.877. The van der Waals surface area contributed by atoms with Crippen molar-refractivity contribution in [2.45, 2.75) is 32.2 Å². The summed E-state index contributed by atoms with van der Waals surface area (Å²) in [6, 6.07) is 8.74. The van der Waals surface area contributed by atoms with E-state index in [-0.39, 0.29) is 11.8 Å². The first-order valence-corrected chi connectivity index (χ1v) is 8.62. The number of nitrogens with one attached hydrogen (secondary N) is 2. The Kier molecular flexibility index (Phi) is 5.38. The number of piperidine rings is 1. The van der Waals surface area contributed by atoms with Crippen LogP contribution in [0.25, 0.3) is 0 Å². The third kappa shape index (κ3) is 4.41. The van der Waals surface area contributed by atoms with E-state index in [1.54, 1.807) is 13.0 Å². The van der Waals surface area contributed by atoms with Gasteiger partial charge in [0, 0.05) is 24.5 Å². The van der Waals surface area contributed by atoms with Crippen LogP contribution in [0.5, 0.6) is 0 Å². The van der Waals surface area contributed by atoms with E-state index in [0.717, 1.165) is 18.8 Å². The second-order valence-corrected chi connectivity index (χ2v) is 6.29. The van der Waals surface area contributed by atoms with Crippen LogP contribution in [0.2, 0.25) is 0 Å². The van der Waals surface area contributed by atoms with Gasteiger partial charge in [0.2, 0.25) is 5.91 Å². The lowest BCUT2D eigenvalue weighted by molar-refractivity contribution is -0.117. The molecule has 2 N–H and O–H groups in total. The van der Waals surface area contributed by atoms with Crippen molar-refractivity contribution in [2.75, 3.05) is 23.3 Å². The summed E-state index contributed by atoms with van der Waals surface area (Å²) >= 11 is 0. The predicted molar refractivity (Wildman–Crippen MR) is 96.8 cm³/mol. The number of carbonyl (C=O) groups excluding carboxylic acids is 2. The molecule has 6 nitrogen and oxygen atoms in total. The number of benzene rings is 1. The highest BCUT2D eigenvalue weighted by Crippen LogP contribution is 2.21. The summed E-state index contributed by atoms with van der Waals surface area (Å²) in [7, 11) is 0. The molecular weight excluding hydrogens is 318 g/mol. The second-order valence-electron chi connectivity index (χ2n) is 6.29. The molecule has 1 aromatic carbocycles.